The van der Waals surface area contributed by atoms with Gasteiger partial charge in [-0.05, 0) is 19.3 Å². The van der Waals surface area contributed by atoms with Crippen LogP contribution in [0.15, 0.2) is 12.7 Å². The Kier molecular flexibility index (Phi) is 3.40. The van der Waals surface area contributed by atoms with E-state index < -0.39 is 0 Å². The number of anilines is 2. The summed E-state index contributed by atoms with van der Waals surface area (Å²) in [5.41, 5.74) is 3.55. The molecule has 1 aliphatic rings. The van der Waals surface area contributed by atoms with Gasteiger partial charge in [0.25, 0.3) is 0 Å². The zero-order valence-corrected chi connectivity index (χ0v) is 13.6. The van der Waals surface area contributed by atoms with E-state index in [-0.39, 0.29) is 12.5 Å². The van der Waals surface area contributed by atoms with Crippen LogP contribution in [-0.4, -0.2) is 49.2 Å². The fourth-order valence-corrected chi connectivity index (χ4v) is 3.18. The maximum absolute atomic E-state index is 12.5. The zero-order valence-electron chi connectivity index (χ0n) is 13.6. The molecule has 9 nitrogen and oxygen atoms in total. The molecule has 0 radical (unpaired) electrons. The standard InChI is InChI=1S/C15H18N8O/c1-22(15-12-13(17-7-16-12)18-8-19-15)6-11(24)20-14-9-4-3-5-10(9)21-23(14)2/h7-8H,3-6H2,1-2H3,(H,20,24)(H,16,17,18,19). The van der Waals surface area contributed by atoms with Crippen molar-refractivity contribution in [3.05, 3.63) is 23.9 Å². The van der Waals surface area contributed by atoms with Gasteiger partial charge in [0.2, 0.25) is 5.91 Å². The predicted molar refractivity (Wildman–Crippen MR) is 88.8 cm³/mol. The maximum atomic E-state index is 12.5. The number of H-pyrrole nitrogens is 1. The monoisotopic (exact) mass is 326 g/mol. The van der Waals surface area contributed by atoms with Gasteiger partial charge in [0.15, 0.2) is 11.5 Å². The summed E-state index contributed by atoms with van der Waals surface area (Å²) in [4.78, 5) is 29.7. The molecule has 1 amide bonds. The average molecular weight is 326 g/mol. The lowest BCUT2D eigenvalue weighted by Crippen LogP contribution is -2.31. The van der Waals surface area contributed by atoms with Crippen LogP contribution in [-0.2, 0) is 24.7 Å². The number of fused-ring (bicyclic) bond motifs is 2. The molecular weight excluding hydrogens is 308 g/mol. The molecule has 3 aromatic heterocycles. The minimum atomic E-state index is -0.110. The SMILES string of the molecule is CN(CC(=O)Nc1c2c(nn1C)CCC2)c1ncnc2nc[nH]c12. The predicted octanol–water partition coefficient (Wildman–Crippen LogP) is 0.650. The molecule has 2 N–H and O–H groups in total. The smallest absolute Gasteiger partial charge is 0.245 e. The quantitative estimate of drug-likeness (QED) is 0.729. The zero-order chi connectivity index (χ0) is 16.7. The van der Waals surface area contributed by atoms with Crippen molar-refractivity contribution in [3.63, 3.8) is 0 Å². The Bertz CT molecular complexity index is 911. The van der Waals surface area contributed by atoms with Gasteiger partial charge in [-0.25, -0.2) is 15.0 Å². The van der Waals surface area contributed by atoms with E-state index in [0.29, 0.717) is 17.0 Å². The molecule has 3 aromatic rings. The minimum absolute atomic E-state index is 0.110. The van der Waals surface area contributed by atoms with E-state index in [0.717, 1.165) is 36.3 Å². The molecule has 124 valence electrons. The summed E-state index contributed by atoms with van der Waals surface area (Å²) in [7, 11) is 3.67. The Balaban J connectivity index is 1.51. The third kappa shape index (κ3) is 2.38. The summed E-state index contributed by atoms with van der Waals surface area (Å²) in [5, 5.41) is 7.45. The van der Waals surface area contributed by atoms with Crippen LogP contribution in [0.1, 0.15) is 17.7 Å². The first kappa shape index (κ1) is 14.6. The van der Waals surface area contributed by atoms with Crippen molar-refractivity contribution in [2.75, 3.05) is 23.8 Å². The summed E-state index contributed by atoms with van der Waals surface area (Å²) < 4.78 is 1.75. The van der Waals surface area contributed by atoms with E-state index in [4.69, 9.17) is 0 Å². The van der Waals surface area contributed by atoms with Gasteiger partial charge >= 0.3 is 0 Å². The number of nitrogens with one attached hydrogen (secondary N) is 2. The van der Waals surface area contributed by atoms with E-state index in [1.807, 2.05) is 14.1 Å². The largest absolute Gasteiger partial charge is 0.348 e. The van der Waals surface area contributed by atoms with Gasteiger partial charge < -0.3 is 15.2 Å². The number of carbonyl (C=O) groups excluding carboxylic acids is 1. The topological polar surface area (TPSA) is 105 Å². The number of likely N-dealkylation sites (N-methyl/N-ethyl adjacent to an activating group) is 1. The fourth-order valence-electron chi connectivity index (χ4n) is 3.18. The van der Waals surface area contributed by atoms with Crippen LogP contribution in [0.3, 0.4) is 0 Å². The first-order valence-corrected chi connectivity index (χ1v) is 7.83. The molecule has 1 aliphatic carbocycles. The summed E-state index contributed by atoms with van der Waals surface area (Å²) in [6.07, 6.45) is 6.06. The second-order valence-corrected chi connectivity index (χ2v) is 5.95. The first-order valence-electron chi connectivity index (χ1n) is 7.83. The second-order valence-electron chi connectivity index (χ2n) is 5.95. The lowest BCUT2D eigenvalue weighted by molar-refractivity contribution is -0.115. The van der Waals surface area contributed by atoms with Crippen molar-refractivity contribution in [1.29, 1.82) is 0 Å². The van der Waals surface area contributed by atoms with Crippen molar-refractivity contribution in [2.45, 2.75) is 19.3 Å². The van der Waals surface area contributed by atoms with E-state index in [1.54, 1.807) is 15.9 Å². The van der Waals surface area contributed by atoms with Crippen molar-refractivity contribution in [1.82, 2.24) is 29.7 Å². The maximum Gasteiger partial charge on any atom is 0.245 e. The highest BCUT2D eigenvalue weighted by Gasteiger charge is 2.22. The van der Waals surface area contributed by atoms with Crippen LogP contribution in [0.5, 0.6) is 0 Å². The van der Waals surface area contributed by atoms with Crippen molar-refractivity contribution in [2.24, 2.45) is 7.05 Å². The molecule has 0 spiro atoms. The third-order valence-electron chi connectivity index (χ3n) is 4.27. The average Bonchev–Trinajstić information content (AvgIpc) is 3.25. The molecule has 9 heteroatoms. The number of carbonyl (C=O) groups is 1. The Morgan fingerprint density at radius 1 is 1.38 bits per heavy atom. The number of hydrogen-bond acceptors (Lipinski definition) is 6. The number of aromatic amines is 1. The van der Waals surface area contributed by atoms with E-state index in [9.17, 15) is 4.79 Å². The number of rotatable bonds is 4. The van der Waals surface area contributed by atoms with Gasteiger partial charge in [-0.1, -0.05) is 0 Å². The second kappa shape index (κ2) is 5.59. The molecule has 0 saturated heterocycles. The highest BCUT2D eigenvalue weighted by molar-refractivity contribution is 5.95. The number of nitrogens with zero attached hydrogens (tertiary/aromatic N) is 6. The molecular formula is C15H18N8O. The Morgan fingerprint density at radius 2 is 2.25 bits per heavy atom. The highest BCUT2D eigenvalue weighted by Crippen LogP contribution is 2.28. The molecule has 3 heterocycles. The van der Waals surface area contributed by atoms with Gasteiger partial charge in [-0.3, -0.25) is 9.48 Å². The van der Waals surface area contributed by atoms with Gasteiger partial charge in [0.1, 0.15) is 17.7 Å². The summed E-state index contributed by atoms with van der Waals surface area (Å²) >= 11 is 0. The van der Waals surface area contributed by atoms with Crippen LogP contribution in [0.25, 0.3) is 11.2 Å². The molecule has 0 aromatic carbocycles. The fraction of sp³-hybridized carbons (Fsp3) is 0.400. The van der Waals surface area contributed by atoms with Crippen LogP contribution in [0.2, 0.25) is 0 Å². The Hall–Kier alpha value is -2.97. The summed E-state index contributed by atoms with van der Waals surface area (Å²) in [5.74, 6) is 1.33. The van der Waals surface area contributed by atoms with Crippen molar-refractivity contribution >= 4 is 28.7 Å². The molecule has 0 saturated carbocycles. The van der Waals surface area contributed by atoms with E-state index in [2.05, 4.69) is 30.4 Å². The molecule has 0 fully saturated rings. The van der Waals surface area contributed by atoms with Crippen LogP contribution < -0.4 is 10.2 Å². The molecule has 4 rings (SSSR count). The molecule has 0 unspecified atom stereocenters. The summed E-state index contributed by atoms with van der Waals surface area (Å²) in [6.45, 7) is 0.172. The van der Waals surface area contributed by atoms with Gasteiger partial charge in [-0.2, -0.15) is 5.10 Å². The van der Waals surface area contributed by atoms with Crippen molar-refractivity contribution in [3.8, 4) is 0 Å². The number of hydrogen-bond donors (Lipinski definition) is 2. The van der Waals surface area contributed by atoms with Gasteiger partial charge in [0.05, 0.1) is 18.6 Å². The molecule has 0 aliphatic heterocycles. The molecule has 0 bridgehead atoms. The van der Waals surface area contributed by atoms with E-state index in [1.165, 1.54) is 6.33 Å². The number of aromatic nitrogens is 6. The Morgan fingerprint density at radius 3 is 3.12 bits per heavy atom. The summed E-state index contributed by atoms with van der Waals surface area (Å²) in [6, 6.07) is 0. The first-order chi connectivity index (χ1) is 11.6. The molecule has 0 atom stereocenters. The third-order valence-corrected chi connectivity index (χ3v) is 4.27. The number of imidazole rings is 1. The lowest BCUT2D eigenvalue weighted by atomic mass is 10.2. The van der Waals surface area contributed by atoms with Crippen LogP contribution in [0, 0.1) is 0 Å². The van der Waals surface area contributed by atoms with Gasteiger partial charge in [0, 0.05) is 19.7 Å². The normalized spacial score (nSPS) is 13.2. The highest BCUT2D eigenvalue weighted by atomic mass is 16.2. The van der Waals surface area contributed by atoms with Crippen LogP contribution in [0.4, 0.5) is 11.6 Å². The number of amides is 1. The minimum Gasteiger partial charge on any atom is -0.348 e. The van der Waals surface area contributed by atoms with E-state index >= 15 is 0 Å². The van der Waals surface area contributed by atoms with Crippen LogP contribution >= 0.6 is 0 Å². The number of aryl methyl sites for hydroxylation is 2. The molecule has 24 heavy (non-hydrogen) atoms. The van der Waals surface area contributed by atoms with Gasteiger partial charge in [-0.15, -0.1) is 0 Å². The van der Waals surface area contributed by atoms with Crippen molar-refractivity contribution < 1.29 is 4.79 Å². The Labute approximate surface area is 138 Å². The lowest BCUT2D eigenvalue weighted by Gasteiger charge is -2.18.